The van der Waals surface area contributed by atoms with Crippen LogP contribution in [0, 0.1) is 0 Å². The van der Waals surface area contributed by atoms with Gasteiger partial charge < -0.3 is 11.1 Å². The van der Waals surface area contributed by atoms with E-state index in [-0.39, 0.29) is 23.4 Å². The van der Waals surface area contributed by atoms with E-state index in [1.807, 2.05) is 0 Å². The van der Waals surface area contributed by atoms with Crippen LogP contribution in [0.5, 0.6) is 0 Å². The molecule has 0 aliphatic carbocycles. The normalized spacial score (nSPS) is 19.8. The van der Waals surface area contributed by atoms with Gasteiger partial charge in [-0.3, -0.25) is 0 Å². The highest BCUT2D eigenvalue weighted by molar-refractivity contribution is 7.91. The van der Waals surface area contributed by atoms with Gasteiger partial charge in [-0.25, -0.2) is 13.4 Å². The molecular formula is C10H13F3N4O2S. The number of rotatable bonds is 2. The quantitative estimate of drug-likeness (QED) is 0.848. The van der Waals surface area contributed by atoms with Crippen molar-refractivity contribution < 1.29 is 21.6 Å². The minimum absolute atomic E-state index is 0.0113. The van der Waals surface area contributed by atoms with Crippen molar-refractivity contribution in [1.29, 1.82) is 0 Å². The van der Waals surface area contributed by atoms with Gasteiger partial charge in [0.15, 0.2) is 5.69 Å². The lowest BCUT2D eigenvalue weighted by Crippen LogP contribution is -2.32. The fraction of sp³-hybridized carbons (Fsp3) is 0.600. The van der Waals surface area contributed by atoms with Crippen LogP contribution in [-0.4, -0.2) is 35.9 Å². The summed E-state index contributed by atoms with van der Waals surface area (Å²) in [5.74, 6) is -0.505. The molecule has 0 saturated carbocycles. The largest absolute Gasteiger partial charge is 0.433 e. The van der Waals surface area contributed by atoms with Crippen LogP contribution < -0.4 is 11.1 Å². The molecule has 0 unspecified atom stereocenters. The Bertz CT molecular complexity index is 589. The topological polar surface area (TPSA) is 98.0 Å². The molecule has 1 aromatic rings. The molecule has 0 bridgehead atoms. The summed E-state index contributed by atoms with van der Waals surface area (Å²) in [7, 11) is -3.02. The average Bonchev–Trinajstić information content (AvgIpc) is 2.30. The van der Waals surface area contributed by atoms with Crippen molar-refractivity contribution in [3.05, 3.63) is 11.8 Å². The van der Waals surface area contributed by atoms with Gasteiger partial charge in [0, 0.05) is 12.1 Å². The predicted octanol–water partition coefficient (Wildman–Crippen LogP) is 1.07. The first-order valence-corrected chi connectivity index (χ1v) is 7.66. The Morgan fingerprint density at radius 1 is 1.25 bits per heavy atom. The number of nitrogens with zero attached hydrogens (tertiary/aromatic N) is 2. The Morgan fingerprint density at radius 3 is 2.40 bits per heavy atom. The molecule has 1 aliphatic heterocycles. The Morgan fingerprint density at radius 2 is 1.85 bits per heavy atom. The zero-order valence-electron chi connectivity index (χ0n) is 10.3. The molecule has 112 valence electrons. The fourth-order valence-corrected chi connectivity index (χ4v) is 3.42. The van der Waals surface area contributed by atoms with Crippen LogP contribution in [0.3, 0.4) is 0 Å². The Labute approximate surface area is 113 Å². The van der Waals surface area contributed by atoms with Gasteiger partial charge in [0.2, 0.25) is 5.95 Å². The maximum atomic E-state index is 12.6. The van der Waals surface area contributed by atoms with E-state index >= 15 is 0 Å². The van der Waals surface area contributed by atoms with E-state index in [0.717, 1.165) is 6.07 Å². The van der Waals surface area contributed by atoms with Gasteiger partial charge >= 0.3 is 6.18 Å². The second kappa shape index (κ2) is 5.08. The molecule has 3 N–H and O–H groups in total. The van der Waals surface area contributed by atoms with E-state index in [9.17, 15) is 21.6 Å². The maximum absolute atomic E-state index is 12.6. The molecule has 0 aromatic carbocycles. The van der Waals surface area contributed by atoms with Gasteiger partial charge in [0.05, 0.1) is 11.5 Å². The molecule has 1 aliphatic rings. The molecule has 6 nitrogen and oxygen atoms in total. The fourth-order valence-electron chi connectivity index (χ4n) is 1.93. The van der Waals surface area contributed by atoms with Gasteiger partial charge in [-0.1, -0.05) is 0 Å². The van der Waals surface area contributed by atoms with Crippen molar-refractivity contribution >= 4 is 21.6 Å². The SMILES string of the molecule is Nc1nc(NC2CCS(=O)(=O)CC2)cc(C(F)(F)F)n1. The third-order valence-electron chi connectivity index (χ3n) is 2.94. The number of hydrogen-bond donors (Lipinski definition) is 2. The number of sulfone groups is 1. The van der Waals surface area contributed by atoms with Crippen molar-refractivity contribution in [3.63, 3.8) is 0 Å². The smallest absolute Gasteiger partial charge is 0.368 e. The van der Waals surface area contributed by atoms with Crippen LogP contribution in [-0.2, 0) is 16.0 Å². The summed E-state index contributed by atoms with van der Waals surface area (Å²) in [6.45, 7) is 0. The van der Waals surface area contributed by atoms with E-state index in [2.05, 4.69) is 15.3 Å². The molecule has 20 heavy (non-hydrogen) atoms. The van der Waals surface area contributed by atoms with Crippen molar-refractivity contribution in [2.24, 2.45) is 0 Å². The molecule has 1 fully saturated rings. The van der Waals surface area contributed by atoms with Crippen molar-refractivity contribution in [3.8, 4) is 0 Å². The van der Waals surface area contributed by atoms with Crippen LogP contribution in [0.4, 0.5) is 24.9 Å². The molecule has 1 aromatic heterocycles. The zero-order chi connectivity index (χ0) is 15.0. The summed E-state index contributed by atoms with van der Waals surface area (Å²) < 4.78 is 60.3. The number of aromatic nitrogens is 2. The highest BCUT2D eigenvalue weighted by atomic mass is 32.2. The van der Waals surface area contributed by atoms with E-state index in [1.165, 1.54) is 0 Å². The summed E-state index contributed by atoms with van der Waals surface area (Å²) in [5.41, 5.74) is 4.12. The van der Waals surface area contributed by atoms with Crippen molar-refractivity contribution in [1.82, 2.24) is 9.97 Å². The number of anilines is 2. The molecule has 0 atom stereocenters. The molecule has 10 heteroatoms. The van der Waals surface area contributed by atoms with Crippen LogP contribution in [0.2, 0.25) is 0 Å². The van der Waals surface area contributed by atoms with Crippen molar-refractivity contribution in [2.45, 2.75) is 25.1 Å². The van der Waals surface area contributed by atoms with E-state index < -0.39 is 27.7 Å². The summed E-state index contributed by atoms with van der Waals surface area (Å²) in [4.78, 5) is 6.81. The van der Waals surface area contributed by atoms with Gasteiger partial charge in [0.25, 0.3) is 0 Å². The Kier molecular flexibility index (Phi) is 3.76. The first-order valence-electron chi connectivity index (χ1n) is 5.84. The zero-order valence-corrected chi connectivity index (χ0v) is 11.1. The molecular weight excluding hydrogens is 297 g/mol. The first kappa shape index (κ1) is 14.8. The minimum Gasteiger partial charge on any atom is -0.368 e. The lowest BCUT2D eigenvalue weighted by Gasteiger charge is -2.23. The molecule has 1 saturated heterocycles. The number of nitrogens with one attached hydrogen (secondary N) is 1. The summed E-state index contributed by atoms with van der Waals surface area (Å²) in [6.07, 6.45) is -3.95. The molecule has 0 amide bonds. The summed E-state index contributed by atoms with van der Waals surface area (Å²) in [5, 5.41) is 2.78. The number of halogens is 3. The van der Waals surface area contributed by atoms with Crippen LogP contribution in [0.1, 0.15) is 18.5 Å². The second-order valence-electron chi connectivity index (χ2n) is 4.56. The molecule has 0 spiro atoms. The monoisotopic (exact) mass is 310 g/mol. The number of alkyl halides is 3. The van der Waals surface area contributed by atoms with Crippen LogP contribution >= 0.6 is 0 Å². The number of hydrogen-bond acceptors (Lipinski definition) is 6. The second-order valence-corrected chi connectivity index (χ2v) is 6.87. The lowest BCUT2D eigenvalue weighted by atomic mass is 10.1. The standard InChI is InChI=1S/C10H13F3N4O2S/c11-10(12,13)7-5-8(17-9(14)16-7)15-6-1-3-20(18,19)4-2-6/h5-6H,1-4H2,(H3,14,15,16,17). The van der Waals surface area contributed by atoms with E-state index in [4.69, 9.17) is 5.73 Å². The molecule has 2 rings (SSSR count). The number of nitrogen functional groups attached to an aromatic ring is 1. The number of nitrogens with two attached hydrogens (primary N) is 1. The van der Waals surface area contributed by atoms with Crippen LogP contribution in [0.15, 0.2) is 6.07 Å². The summed E-state index contributed by atoms with van der Waals surface area (Å²) in [6, 6.07) is 0.522. The highest BCUT2D eigenvalue weighted by Crippen LogP contribution is 2.29. The predicted molar refractivity (Wildman–Crippen MR) is 66.7 cm³/mol. The van der Waals surface area contributed by atoms with Crippen molar-refractivity contribution in [2.75, 3.05) is 22.6 Å². The van der Waals surface area contributed by atoms with E-state index in [0.29, 0.717) is 12.8 Å². The third kappa shape index (κ3) is 3.71. The third-order valence-corrected chi connectivity index (χ3v) is 4.66. The first-order chi connectivity index (χ1) is 9.16. The van der Waals surface area contributed by atoms with Gasteiger partial charge in [-0.2, -0.15) is 18.2 Å². The highest BCUT2D eigenvalue weighted by Gasteiger charge is 2.34. The average molecular weight is 310 g/mol. The van der Waals surface area contributed by atoms with Gasteiger partial charge in [-0.05, 0) is 12.8 Å². The minimum atomic E-state index is -4.61. The molecule has 0 radical (unpaired) electrons. The van der Waals surface area contributed by atoms with Gasteiger partial charge in [-0.15, -0.1) is 0 Å². The maximum Gasteiger partial charge on any atom is 0.433 e. The Hall–Kier alpha value is -1.58. The van der Waals surface area contributed by atoms with Crippen LogP contribution in [0.25, 0.3) is 0 Å². The molecule has 2 heterocycles. The van der Waals surface area contributed by atoms with E-state index in [1.54, 1.807) is 0 Å². The Balaban J connectivity index is 2.12. The summed E-state index contributed by atoms with van der Waals surface area (Å²) >= 11 is 0. The van der Waals surface area contributed by atoms with Gasteiger partial charge in [0.1, 0.15) is 15.7 Å². The lowest BCUT2D eigenvalue weighted by molar-refractivity contribution is -0.141.